The number of halogens is 4. The summed E-state index contributed by atoms with van der Waals surface area (Å²) in [6, 6.07) is 9.68. The van der Waals surface area contributed by atoms with Gasteiger partial charge in [0, 0.05) is 10.0 Å². The zero-order valence-electron chi connectivity index (χ0n) is 10.0. The van der Waals surface area contributed by atoms with Crippen molar-refractivity contribution in [2.75, 3.05) is 0 Å². The number of hydrogen-bond donors (Lipinski definition) is 1. The molecular weight excluding hydrogens is 335 g/mol. The first-order valence-electron chi connectivity index (χ1n) is 5.56. The second-order valence-corrected chi connectivity index (χ2v) is 5.05. The molecule has 0 aromatic heterocycles. The molecule has 0 aliphatic carbocycles. The standard InChI is InChI=1S/C14H9BrF3NO/c15-10-4-5-11(12(7-10)14(16,17)18)8-2-1-3-9(6-8)13(19)20/h1-7H,(H2,19,20). The Morgan fingerprint density at radius 2 is 1.80 bits per heavy atom. The van der Waals surface area contributed by atoms with Gasteiger partial charge < -0.3 is 5.73 Å². The van der Waals surface area contributed by atoms with E-state index in [9.17, 15) is 18.0 Å². The summed E-state index contributed by atoms with van der Waals surface area (Å²) in [6.07, 6.45) is -4.48. The van der Waals surface area contributed by atoms with Gasteiger partial charge in [-0.2, -0.15) is 13.2 Å². The Balaban J connectivity index is 2.64. The molecular formula is C14H9BrF3NO. The number of primary amides is 1. The van der Waals surface area contributed by atoms with Gasteiger partial charge in [-0.25, -0.2) is 0 Å². The van der Waals surface area contributed by atoms with Crippen LogP contribution in [0, 0.1) is 0 Å². The van der Waals surface area contributed by atoms with E-state index < -0.39 is 17.6 Å². The first-order valence-corrected chi connectivity index (χ1v) is 6.35. The summed E-state index contributed by atoms with van der Waals surface area (Å²) in [6.45, 7) is 0. The van der Waals surface area contributed by atoms with E-state index >= 15 is 0 Å². The zero-order chi connectivity index (χ0) is 14.9. The number of carbonyl (C=O) groups excluding carboxylic acids is 1. The van der Waals surface area contributed by atoms with Crippen LogP contribution in [0.3, 0.4) is 0 Å². The van der Waals surface area contributed by atoms with Crippen LogP contribution in [-0.2, 0) is 6.18 Å². The van der Waals surface area contributed by atoms with Crippen LogP contribution in [0.25, 0.3) is 11.1 Å². The monoisotopic (exact) mass is 343 g/mol. The topological polar surface area (TPSA) is 43.1 Å². The molecule has 0 aliphatic heterocycles. The highest BCUT2D eigenvalue weighted by Gasteiger charge is 2.33. The van der Waals surface area contributed by atoms with E-state index in [0.29, 0.717) is 10.0 Å². The lowest BCUT2D eigenvalue weighted by molar-refractivity contribution is -0.137. The van der Waals surface area contributed by atoms with E-state index in [1.165, 1.54) is 36.4 Å². The second-order valence-electron chi connectivity index (χ2n) is 4.13. The van der Waals surface area contributed by atoms with Crippen molar-refractivity contribution in [3.63, 3.8) is 0 Å². The molecule has 0 bridgehead atoms. The Hall–Kier alpha value is -1.82. The molecule has 0 aliphatic rings. The van der Waals surface area contributed by atoms with Crippen molar-refractivity contribution in [2.45, 2.75) is 6.18 Å². The Bertz CT molecular complexity index is 668. The van der Waals surface area contributed by atoms with Crippen LogP contribution in [0.5, 0.6) is 0 Å². The third-order valence-corrected chi connectivity index (χ3v) is 3.24. The average molecular weight is 344 g/mol. The summed E-state index contributed by atoms with van der Waals surface area (Å²) in [5.74, 6) is -0.683. The van der Waals surface area contributed by atoms with Crippen LogP contribution in [0.1, 0.15) is 15.9 Å². The molecule has 0 heterocycles. The van der Waals surface area contributed by atoms with E-state index in [2.05, 4.69) is 15.9 Å². The molecule has 0 radical (unpaired) electrons. The molecule has 2 nitrogen and oxygen atoms in total. The Morgan fingerprint density at radius 1 is 1.10 bits per heavy atom. The summed E-state index contributed by atoms with van der Waals surface area (Å²) >= 11 is 3.02. The molecule has 0 fully saturated rings. The van der Waals surface area contributed by atoms with Crippen molar-refractivity contribution < 1.29 is 18.0 Å². The summed E-state index contributed by atoms with van der Waals surface area (Å²) in [5.41, 5.74) is 4.83. The molecule has 0 unspecified atom stereocenters. The van der Waals surface area contributed by atoms with Crippen LogP contribution < -0.4 is 5.73 Å². The minimum atomic E-state index is -4.48. The van der Waals surface area contributed by atoms with Crippen LogP contribution >= 0.6 is 15.9 Å². The van der Waals surface area contributed by atoms with E-state index in [1.807, 2.05) is 0 Å². The molecule has 0 saturated carbocycles. The maximum Gasteiger partial charge on any atom is 0.417 e. The molecule has 1 amide bonds. The second kappa shape index (κ2) is 5.28. The van der Waals surface area contributed by atoms with E-state index in [0.717, 1.165) is 6.07 Å². The van der Waals surface area contributed by atoms with E-state index in [1.54, 1.807) is 0 Å². The molecule has 2 aromatic carbocycles. The highest BCUT2D eigenvalue weighted by molar-refractivity contribution is 9.10. The Labute approximate surface area is 121 Å². The van der Waals surface area contributed by atoms with Crippen LogP contribution in [0.4, 0.5) is 13.2 Å². The lowest BCUT2D eigenvalue weighted by Gasteiger charge is -2.14. The number of alkyl halides is 3. The van der Waals surface area contributed by atoms with Gasteiger partial charge in [0.1, 0.15) is 0 Å². The fourth-order valence-corrected chi connectivity index (χ4v) is 2.20. The number of nitrogens with two attached hydrogens (primary N) is 1. The van der Waals surface area contributed by atoms with E-state index in [4.69, 9.17) is 5.73 Å². The summed E-state index contributed by atoms with van der Waals surface area (Å²) in [7, 11) is 0. The first kappa shape index (κ1) is 14.6. The maximum atomic E-state index is 13.1. The molecule has 20 heavy (non-hydrogen) atoms. The van der Waals surface area contributed by atoms with Gasteiger partial charge in [-0.3, -0.25) is 4.79 Å². The van der Waals surface area contributed by atoms with Gasteiger partial charge in [0.15, 0.2) is 0 Å². The number of hydrogen-bond acceptors (Lipinski definition) is 1. The van der Waals surface area contributed by atoms with Crippen molar-refractivity contribution in [2.24, 2.45) is 5.73 Å². The Morgan fingerprint density at radius 3 is 2.40 bits per heavy atom. The average Bonchev–Trinajstić information content (AvgIpc) is 2.37. The van der Waals surface area contributed by atoms with Gasteiger partial charge in [0.25, 0.3) is 0 Å². The maximum absolute atomic E-state index is 13.1. The van der Waals surface area contributed by atoms with Crippen molar-refractivity contribution >= 4 is 21.8 Å². The van der Waals surface area contributed by atoms with E-state index in [-0.39, 0.29) is 11.1 Å². The SMILES string of the molecule is NC(=O)c1cccc(-c2ccc(Br)cc2C(F)(F)F)c1. The smallest absolute Gasteiger partial charge is 0.366 e. The normalized spacial score (nSPS) is 11.4. The zero-order valence-corrected chi connectivity index (χ0v) is 11.6. The van der Waals surface area contributed by atoms with Crippen molar-refractivity contribution in [1.29, 1.82) is 0 Å². The van der Waals surface area contributed by atoms with Gasteiger partial charge >= 0.3 is 6.18 Å². The Kier molecular flexibility index (Phi) is 3.85. The molecule has 0 atom stereocenters. The van der Waals surface area contributed by atoms with Gasteiger partial charge in [-0.15, -0.1) is 0 Å². The van der Waals surface area contributed by atoms with Crippen molar-refractivity contribution in [3.05, 3.63) is 58.1 Å². The van der Waals surface area contributed by atoms with Crippen molar-refractivity contribution in [1.82, 2.24) is 0 Å². The number of rotatable bonds is 2. The lowest BCUT2D eigenvalue weighted by atomic mass is 9.97. The largest absolute Gasteiger partial charge is 0.417 e. The molecule has 2 rings (SSSR count). The van der Waals surface area contributed by atoms with Gasteiger partial charge in [-0.05, 0) is 35.4 Å². The third kappa shape index (κ3) is 3.01. The number of carbonyl (C=O) groups is 1. The fourth-order valence-electron chi connectivity index (χ4n) is 1.84. The van der Waals surface area contributed by atoms with Crippen LogP contribution in [0.15, 0.2) is 46.9 Å². The highest BCUT2D eigenvalue weighted by atomic mass is 79.9. The molecule has 2 N–H and O–H groups in total. The lowest BCUT2D eigenvalue weighted by Crippen LogP contribution is -2.11. The third-order valence-electron chi connectivity index (χ3n) is 2.75. The summed E-state index contributed by atoms with van der Waals surface area (Å²) in [4.78, 5) is 11.1. The van der Waals surface area contributed by atoms with Crippen LogP contribution in [-0.4, -0.2) is 5.91 Å². The van der Waals surface area contributed by atoms with Crippen LogP contribution in [0.2, 0.25) is 0 Å². The quantitative estimate of drug-likeness (QED) is 0.870. The minimum absolute atomic E-state index is 0.00352. The summed E-state index contributed by atoms with van der Waals surface area (Å²) < 4.78 is 39.5. The first-order chi connectivity index (χ1) is 9.29. The molecule has 2 aromatic rings. The molecule has 0 saturated heterocycles. The van der Waals surface area contributed by atoms with Gasteiger partial charge in [0.2, 0.25) is 5.91 Å². The highest BCUT2D eigenvalue weighted by Crippen LogP contribution is 2.38. The minimum Gasteiger partial charge on any atom is -0.366 e. The number of amides is 1. The van der Waals surface area contributed by atoms with Crippen molar-refractivity contribution in [3.8, 4) is 11.1 Å². The van der Waals surface area contributed by atoms with Gasteiger partial charge in [-0.1, -0.05) is 34.1 Å². The molecule has 0 spiro atoms. The predicted molar refractivity (Wildman–Crippen MR) is 73.1 cm³/mol. The molecule has 6 heteroatoms. The molecule has 104 valence electrons. The fraction of sp³-hybridized carbons (Fsp3) is 0.0714. The predicted octanol–water partition coefficient (Wildman–Crippen LogP) is 4.23. The van der Waals surface area contributed by atoms with Gasteiger partial charge in [0.05, 0.1) is 5.56 Å². The summed E-state index contributed by atoms with van der Waals surface area (Å²) in [5, 5.41) is 0. The number of benzene rings is 2.